The fourth-order valence-corrected chi connectivity index (χ4v) is 0.975. The molecule has 6 nitrogen and oxygen atoms in total. The summed E-state index contributed by atoms with van der Waals surface area (Å²) in [4.78, 5) is 19.9. The fraction of sp³-hybridized carbons (Fsp3) is 0. The van der Waals surface area contributed by atoms with Gasteiger partial charge in [0.1, 0.15) is 0 Å². The topological polar surface area (TPSA) is 95.3 Å². The molecular weight excluding hydrogens is 200 g/mol. The van der Waals surface area contributed by atoms with Crippen molar-refractivity contribution < 1.29 is 14.8 Å². The zero-order valence-corrected chi connectivity index (χ0v) is 7.54. The highest BCUT2D eigenvalue weighted by molar-refractivity contribution is 5.92. The van der Waals surface area contributed by atoms with Crippen LogP contribution in [0.15, 0.2) is 36.7 Å². The van der Waals surface area contributed by atoms with Crippen molar-refractivity contribution in [3.05, 3.63) is 52.3 Å². The van der Waals surface area contributed by atoms with Gasteiger partial charge in [0, 0.05) is 11.3 Å². The van der Waals surface area contributed by atoms with Crippen molar-refractivity contribution in [3.63, 3.8) is 0 Å². The predicted octanol–water partition coefficient (Wildman–Crippen LogP) is 0.210. The molecule has 0 atom stereocenters. The third-order valence-electron chi connectivity index (χ3n) is 1.58. The molecule has 1 rings (SSSR count). The standard InChI is InChI=1S/C9H8N2O4/c12-9(13)7-3-1-2-4-8(7)10-5-6-11(14)15/h1-6,10H,(H,12,13)/p-1. The van der Waals surface area contributed by atoms with E-state index in [-0.39, 0.29) is 11.3 Å². The van der Waals surface area contributed by atoms with Crippen molar-refractivity contribution in [3.8, 4) is 0 Å². The first kappa shape index (κ1) is 10.7. The van der Waals surface area contributed by atoms with E-state index in [0.29, 0.717) is 6.20 Å². The normalized spacial score (nSPS) is 10.1. The number of aromatic carboxylic acids is 1. The second-order valence-electron chi connectivity index (χ2n) is 2.58. The lowest BCUT2D eigenvalue weighted by Gasteiger charge is -2.08. The number of nitrogens with one attached hydrogen (secondary N) is 1. The minimum absolute atomic E-state index is 0.0505. The van der Waals surface area contributed by atoms with Crippen molar-refractivity contribution in [1.29, 1.82) is 0 Å². The van der Waals surface area contributed by atoms with E-state index in [9.17, 15) is 20.0 Å². The van der Waals surface area contributed by atoms with Crippen LogP contribution in [-0.2, 0) is 0 Å². The monoisotopic (exact) mass is 207 g/mol. The van der Waals surface area contributed by atoms with Gasteiger partial charge in [0.2, 0.25) is 6.20 Å². The van der Waals surface area contributed by atoms with Crippen LogP contribution >= 0.6 is 0 Å². The zero-order valence-electron chi connectivity index (χ0n) is 7.54. The van der Waals surface area contributed by atoms with E-state index in [2.05, 4.69) is 5.32 Å². The van der Waals surface area contributed by atoms with Crippen LogP contribution in [0.25, 0.3) is 0 Å². The van der Waals surface area contributed by atoms with Gasteiger partial charge < -0.3 is 15.2 Å². The fourth-order valence-electron chi connectivity index (χ4n) is 0.975. The highest BCUT2D eigenvalue weighted by atomic mass is 16.6. The van der Waals surface area contributed by atoms with Gasteiger partial charge in [-0.15, -0.1) is 0 Å². The molecule has 0 heterocycles. The van der Waals surface area contributed by atoms with E-state index >= 15 is 0 Å². The van der Waals surface area contributed by atoms with Gasteiger partial charge in [-0.3, -0.25) is 10.1 Å². The number of benzene rings is 1. The van der Waals surface area contributed by atoms with E-state index in [4.69, 9.17) is 0 Å². The van der Waals surface area contributed by atoms with E-state index < -0.39 is 10.9 Å². The van der Waals surface area contributed by atoms with Crippen molar-refractivity contribution in [1.82, 2.24) is 0 Å². The number of hydrogen-bond acceptors (Lipinski definition) is 5. The molecule has 0 spiro atoms. The molecule has 0 fully saturated rings. The summed E-state index contributed by atoms with van der Waals surface area (Å²) in [6.45, 7) is 0. The Bertz CT molecular complexity index is 414. The molecule has 0 bridgehead atoms. The molecule has 0 radical (unpaired) electrons. The number of carboxylic acid groups (broad SMARTS) is 1. The largest absolute Gasteiger partial charge is 0.545 e. The third-order valence-corrected chi connectivity index (χ3v) is 1.58. The molecule has 0 aliphatic carbocycles. The summed E-state index contributed by atoms with van der Waals surface area (Å²) in [7, 11) is 0. The second kappa shape index (κ2) is 4.75. The Balaban J connectivity index is 2.85. The maximum absolute atomic E-state index is 10.6. The van der Waals surface area contributed by atoms with Crippen LogP contribution in [-0.4, -0.2) is 10.9 Å². The average Bonchev–Trinajstić information content (AvgIpc) is 2.17. The maximum atomic E-state index is 10.6. The van der Waals surface area contributed by atoms with Crippen LogP contribution in [0.5, 0.6) is 0 Å². The van der Waals surface area contributed by atoms with Gasteiger partial charge in [0.15, 0.2) is 0 Å². The molecule has 1 N–H and O–H groups in total. The minimum Gasteiger partial charge on any atom is -0.545 e. The van der Waals surface area contributed by atoms with Crippen molar-refractivity contribution in [2.75, 3.05) is 5.32 Å². The van der Waals surface area contributed by atoms with Gasteiger partial charge in [-0.1, -0.05) is 18.2 Å². The van der Waals surface area contributed by atoms with E-state index in [0.717, 1.165) is 6.20 Å². The van der Waals surface area contributed by atoms with E-state index in [1.165, 1.54) is 18.2 Å². The molecule has 0 amide bonds. The molecule has 78 valence electrons. The summed E-state index contributed by atoms with van der Waals surface area (Å²) in [5.41, 5.74) is 0.195. The van der Waals surface area contributed by atoms with Gasteiger partial charge in [-0.05, 0) is 6.07 Å². The van der Waals surface area contributed by atoms with Crippen LogP contribution in [0.2, 0.25) is 0 Å². The lowest BCUT2D eigenvalue weighted by Crippen LogP contribution is -2.23. The number of rotatable bonds is 4. The summed E-state index contributed by atoms with van der Waals surface area (Å²) >= 11 is 0. The van der Waals surface area contributed by atoms with Crippen LogP contribution in [0.1, 0.15) is 10.4 Å². The summed E-state index contributed by atoms with van der Waals surface area (Å²) in [6.07, 6.45) is 1.72. The molecule has 6 heteroatoms. The molecule has 0 aliphatic heterocycles. The Kier molecular flexibility index (Phi) is 3.39. The van der Waals surface area contributed by atoms with Crippen molar-refractivity contribution >= 4 is 11.7 Å². The Morgan fingerprint density at radius 3 is 2.67 bits per heavy atom. The smallest absolute Gasteiger partial charge is 0.250 e. The lowest BCUT2D eigenvalue weighted by molar-refractivity contribution is -0.402. The molecule has 0 saturated heterocycles. The van der Waals surface area contributed by atoms with Gasteiger partial charge in [-0.2, -0.15) is 0 Å². The van der Waals surface area contributed by atoms with Gasteiger partial charge in [-0.25, -0.2) is 0 Å². The predicted molar refractivity (Wildman–Crippen MR) is 50.5 cm³/mol. The van der Waals surface area contributed by atoms with Gasteiger partial charge in [0.25, 0.3) is 0 Å². The molecule has 1 aromatic rings. The molecule has 0 aromatic heterocycles. The van der Waals surface area contributed by atoms with Crippen LogP contribution < -0.4 is 10.4 Å². The quantitative estimate of drug-likeness (QED) is 0.562. The second-order valence-corrected chi connectivity index (χ2v) is 2.58. The number of anilines is 1. The first-order valence-electron chi connectivity index (χ1n) is 3.98. The van der Waals surface area contributed by atoms with Crippen molar-refractivity contribution in [2.24, 2.45) is 0 Å². The Morgan fingerprint density at radius 1 is 1.40 bits per heavy atom. The zero-order chi connectivity index (χ0) is 11.3. The molecule has 1 aromatic carbocycles. The number of nitrogens with zero attached hydrogens (tertiary/aromatic N) is 1. The molecule has 0 aliphatic rings. The van der Waals surface area contributed by atoms with Crippen LogP contribution in [0.3, 0.4) is 0 Å². The first-order valence-corrected chi connectivity index (χ1v) is 3.98. The SMILES string of the molecule is O=C([O-])c1ccccc1NC=C[N+](=O)[O-]. The summed E-state index contributed by atoms with van der Waals surface area (Å²) < 4.78 is 0. The van der Waals surface area contributed by atoms with Gasteiger partial charge in [0.05, 0.1) is 17.1 Å². The first-order chi connectivity index (χ1) is 7.11. The summed E-state index contributed by atoms with van der Waals surface area (Å²) in [5, 5.41) is 23.1. The Hall–Kier alpha value is -2.37. The molecule has 0 saturated carbocycles. The van der Waals surface area contributed by atoms with E-state index in [1.54, 1.807) is 6.07 Å². The summed E-state index contributed by atoms with van der Waals surface area (Å²) in [6, 6.07) is 5.97. The minimum atomic E-state index is -1.34. The molecule has 0 unspecified atom stereocenters. The van der Waals surface area contributed by atoms with E-state index in [1.807, 2.05) is 0 Å². The lowest BCUT2D eigenvalue weighted by atomic mass is 10.2. The number of carboxylic acids is 1. The van der Waals surface area contributed by atoms with Gasteiger partial charge >= 0.3 is 0 Å². The maximum Gasteiger partial charge on any atom is 0.250 e. The van der Waals surface area contributed by atoms with Crippen molar-refractivity contribution in [2.45, 2.75) is 0 Å². The molecular formula is C9H7N2O4-. The number of carbonyl (C=O) groups excluding carboxylic acids is 1. The highest BCUT2D eigenvalue weighted by Crippen LogP contribution is 2.13. The average molecular weight is 207 g/mol. The number of nitro groups is 1. The molecule has 15 heavy (non-hydrogen) atoms. The van der Waals surface area contributed by atoms with Crippen LogP contribution in [0.4, 0.5) is 5.69 Å². The Morgan fingerprint density at radius 2 is 2.07 bits per heavy atom. The van der Waals surface area contributed by atoms with Crippen LogP contribution in [0, 0.1) is 10.1 Å². The number of hydrogen-bond donors (Lipinski definition) is 1. The highest BCUT2D eigenvalue weighted by Gasteiger charge is 1.99. The summed E-state index contributed by atoms with van der Waals surface area (Å²) in [5.74, 6) is -1.34. The number of para-hydroxylation sites is 1. The third kappa shape index (κ3) is 3.11. The Labute approximate surface area is 85.0 Å². The number of carbonyl (C=O) groups is 1.